The summed E-state index contributed by atoms with van der Waals surface area (Å²) in [6, 6.07) is 16.8. The van der Waals surface area contributed by atoms with E-state index in [1.807, 2.05) is 18.2 Å². The lowest BCUT2D eigenvalue weighted by molar-refractivity contribution is -0.131. The number of hydrogen-bond acceptors (Lipinski definition) is 5. The molecule has 1 unspecified atom stereocenters. The number of rotatable bonds is 21. The minimum Gasteiger partial charge on any atom is -0.357 e. The van der Waals surface area contributed by atoms with E-state index in [1.54, 1.807) is 0 Å². The Balaban J connectivity index is 1.79. The van der Waals surface area contributed by atoms with Gasteiger partial charge in [0.1, 0.15) is 0 Å². The van der Waals surface area contributed by atoms with Gasteiger partial charge in [0, 0.05) is 49.8 Å². The Hall–Kier alpha value is -4.19. The summed E-state index contributed by atoms with van der Waals surface area (Å²) in [5, 5.41) is 3.33. The number of allylic oxidation sites excluding steroid dienone is 6. The summed E-state index contributed by atoms with van der Waals surface area (Å²) in [6.07, 6.45) is 19.6. The molecule has 2 aliphatic rings. The van der Waals surface area contributed by atoms with Gasteiger partial charge in [-0.1, -0.05) is 145 Å². The summed E-state index contributed by atoms with van der Waals surface area (Å²) in [4.78, 5) is 46.9. The van der Waals surface area contributed by atoms with Gasteiger partial charge in [0.05, 0.1) is 19.1 Å². The number of nitrogens with zero attached hydrogens (tertiary/aromatic N) is 2. The van der Waals surface area contributed by atoms with Crippen LogP contribution >= 0.6 is 0 Å². The van der Waals surface area contributed by atoms with Crippen molar-refractivity contribution in [3.63, 3.8) is 0 Å². The monoisotopic (exact) mass is 804 g/mol. The number of para-hydroxylation sites is 2. The van der Waals surface area contributed by atoms with Crippen LogP contribution in [0.3, 0.4) is 0 Å². The van der Waals surface area contributed by atoms with Crippen LogP contribution < -0.4 is 15.1 Å². The number of Topliss-reactive ketones (excluding diaryl/α,β-unsaturated/α-hetero) is 2. The molecule has 4 rings (SSSR count). The van der Waals surface area contributed by atoms with Crippen LogP contribution in [0, 0.1) is 16.2 Å². The summed E-state index contributed by atoms with van der Waals surface area (Å²) >= 11 is 0. The van der Waals surface area contributed by atoms with Gasteiger partial charge >= 0.3 is 0 Å². The van der Waals surface area contributed by atoms with Gasteiger partial charge in [0.15, 0.2) is 11.6 Å². The Bertz CT molecular complexity index is 1890. The molecular weight excluding hydrogens is 727 g/mol. The maximum absolute atomic E-state index is 14.1. The molecule has 0 saturated carbocycles. The van der Waals surface area contributed by atoms with E-state index in [2.05, 4.69) is 172 Å². The van der Waals surface area contributed by atoms with Crippen molar-refractivity contribution < 1.29 is 14.4 Å². The second kappa shape index (κ2) is 19.5. The fraction of sp³-hybridized carbons (Fsp3) is 0.566. The molecule has 322 valence electrons. The van der Waals surface area contributed by atoms with Crippen LogP contribution in [0.1, 0.15) is 159 Å². The molecule has 1 amide bonds. The molecule has 0 aromatic heterocycles. The number of ketones is 2. The van der Waals surface area contributed by atoms with Gasteiger partial charge in [-0.2, -0.15) is 0 Å². The number of fused-ring (bicyclic) bond motifs is 2. The Morgan fingerprint density at radius 2 is 1.10 bits per heavy atom. The number of benzene rings is 2. The first-order valence-corrected chi connectivity index (χ1v) is 22.9. The normalized spacial score (nSPS) is 18.6. The number of carbonyl (C=O) groups excluding carboxylic acids is 3. The number of anilines is 2. The Morgan fingerprint density at radius 1 is 0.627 bits per heavy atom. The first-order chi connectivity index (χ1) is 28.0. The SMILES string of the molecule is CCC(CC)(CC)C(=O)CN1/C(=C/C=C/C(=C/C=C/C2N(CC(=O)C(CC)(CC)CC)c3ccccc3C2(C)C)NC(=O)C(CC)(CC)CC)C(C)(C)c2ccccc21. The number of hydrogen-bond donors (Lipinski definition) is 1. The molecule has 6 heteroatoms. The van der Waals surface area contributed by atoms with Crippen molar-refractivity contribution in [1.82, 2.24) is 5.32 Å². The zero-order valence-corrected chi connectivity index (χ0v) is 39.1. The molecule has 0 radical (unpaired) electrons. The Labute approximate surface area is 358 Å². The van der Waals surface area contributed by atoms with Gasteiger partial charge < -0.3 is 15.1 Å². The summed E-state index contributed by atoms with van der Waals surface area (Å²) in [7, 11) is 0. The van der Waals surface area contributed by atoms with E-state index in [4.69, 9.17) is 0 Å². The molecule has 0 fully saturated rings. The lowest BCUT2D eigenvalue weighted by Gasteiger charge is -2.36. The fourth-order valence-corrected chi connectivity index (χ4v) is 10.3. The molecule has 59 heavy (non-hydrogen) atoms. The summed E-state index contributed by atoms with van der Waals surface area (Å²) in [6.45, 7) is 28.7. The lowest BCUT2D eigenvalue weighted by Crippen LogP contribution is -2.46. The predicted molar refractivity (Wildman–Crippen MR) is 250 cm³/mol. The van der Waals surface area contributed by atoms with Gasteiger partial charge in [-0.05, 0) is 99.3 Å². The molecule has 0 spiro atoms. The highest BCUT2D eigenvalue weighted by atomic mass is 16.2. The molecule has 6 nitrogen and oxygen atoms in total. The van der Waals surface area contributed by atoms with Crippen LogP contribution in [-0.4, -0.2) is 36.6 Å². The average Bonchev–Trinajstić information content (AvgIpc) is 3.58. The van der Waals surface area contributed by atoms with Gasteiger partial charge in [-0.15, -0.1) is 0 Å². The van der Waals surface area contributed by atoms with Crippen LogP contribution in [0.2, 0.25) is 0 Å². The minimum atomic E-state index is -0.470. The van der Waals surface area contributed by atoms with Crippen molar-refractivity contribution in [2.45, 2.75) is 165 Å². The molecule has 0 aliphatic carbocycles. The second-order valence-corrected chi connectivity index (χ2v) is 18.3. The summed E-state index contributed by atoms with van der Waals surface area (Å²) in [5.41, 5.74) is 4.63. The zero-order chi connectivity index (χ0) is 43.8. The van der Waals surface area contributed by atoms with E-state index in [9.17, 15) is 14.4 Å². The maximum atomic E-state index is 14.1. The Kier molecular flexibility index (Phi) is 15.7. The molecule has 2 aliphatic heterocycles. The van der Waals surface area contributed by atoms with Crippen molar-refractivity contribution in [2.24, 2.45) is 16.2 Å². The molecular formula is C53H77N3O3. The van der Waals surface area contributed by atoms with Crippen molar-refractivity contribution >= 4 is 28.8 Å². The molecule has 2 aromatic rings. The first-order valence-electron chi connectivity index (χ1n) is 22.9. The molecule has 0 saturated heterocycles. The van der Waals surface area contributed by atoms with Crippen LogP contribution in [0.25, 0.3) is 0 Å². The average molecular weight is 804 g/mol. The molecule has 1 atom stereocenters. The van der Waals surface area contributed by atoms with E-state index in [1.165, 1.54) is 11.1 Å². The smallest absolute Gasteiger partial charge is 0.230 e. The fourth-order valence-electron chi connectivity index (χ4n) is 10.3. The molecule has 2 heterocycles. The van der Waals surface area contributed by atoms with Gasteiger partial charge in [-0.25, -0.2) is 0 Å². The van der Waals surface area contributed by atoms with Crippen LogP contribution in [-0.2, 0) is 25.2 Å². The van der Waals surface area contributed by atoms with Crippen LogP contribution in [0.5, 0.6) is 0 Å². The van der Waals surface area contributed by atoms with Gasteiger partial charge in [-0.3, -0.25) is 14.4 Å². The highest BCUT2D eigenvalue weighted by Crippen LogP contribution is 2.49. The summed E-state index contributed by atoms with van der Waals surface area (Å²) in [5.74, 6) is 0.592. The Morgan fingerprint density at radius 3 is 1.63 bits per heavy atom. The van der Waals surface area contributed by atoms with Gasteiger partial charge in [0.25, 0.3) is 0 Å². The third kappa shape index (κ3) is 8.98. The van der Waals surface area contributed by atoms with Crippen molar-refractivity contribution in [3.05, 3.63) is 108 Å². The number of amides is 1. The standard InChI is InChI=1S/C53H77N3O3/c1-14-51(15-2,16-3)46(57)37-55-42-33-25-23-31-40(42)49(10,11)44(55)35-27-29-39(54-48(59)53(20-7,21-8)22-9)30-28-36-45-50(12,13)41-32-24-26-34-43(41)56(45)38-47(58)52(17-4,18-5)19-6/h23-36,44H,14-22,37-38H2,1-13H3,(H,54,59)/b30-28+,35-27+,39-29-,45-36+. The predicted octanol–water partition coefficient (Wildman–Crippen LogP) is 12.7. The maximum Gasteiger partial charge on any atom is 0.230 e. The number of nitrogens with one attached hydrogen (secondary N) is 1. The van der Waals surface area contributed by atoms with E-state index in [0.29, 0.717) is 24.6 Å². The summed E-state index contributed by atoms with van der Waals surface area (Å²) < 4.78 is 0. The van der Waals surface area contributed by atoms with Crippen LogP contribution in [0.15, 0.2) is 96.4 Å². The zero-order valence-electron chi connectivity index (χ0n) is 39.1. The third-order valence-electron chi connectivity index (χ3n) is 15.5. The highest BCUT2D eigenvalue weighted by Gasteiger charge is 2.46. The first kappa shape index (κ1) is 47.5. The van der Waals surface area contributed by atoms with E-state index in [-0.39, 0.29) is 39.4 Å². The van der Waals surface area contributed by atoms with Crippen molar-refractivity contribution in [2.75, 3.05) is 22.9 Å². The highest BCUT2D eigenvalue weighted by molar-refractivity contribution is 5.92. The minimum absolute atomic E-state index is 0.0219. The van der Waals surface area contributed by atoms with Crippen molar-refractivity contribution in [3.8, 4) is 0 Å². The van der Waals surface area contributed by atoms with E-state index in [0.717, 1.165) is 74.9 Å². The molecule has 1 N–H and O–H groups in total. The van der Waals surface area contributed by atoms with E-state index < -0.39 is 5.41 Å². The molecule has 2 aromatic carbocycles. The molecule has 0 bridgehead atoms. The number of carbonyl (C=O) groups is 3. The topological polar surface area (TPSA) is 69.7 Å². The quantitative estimate of drug-likeness (QED) is 0.127. The van der Waals surface area contributed by atoms with Crippen LogP contribution in [0.4, 0.5) is 11.4 Å². The van der Waals surface area contributed by atoms with E-state index >= 15 is 0 Å². The third-order valence-corrected chi connectivity index (χ3v) is 15.5. The second-order valence-electron chi connectivity index (χ2n) is 18.3. The van der Waals surface area contributed by atoms with Crippen molar-refractivity contribution in [1.29, 1.82) is 0 Å². The lowest BCUT2D eigenvalue weighted by atomic mass is 9.75. The largest absolute Gasteiger partial charge is 0.357 e. The van der Waals surface area contributed by atoms with Gasteiger partial charge in [0.2, 0.25) is 5.91 Å².